The topological polar surface area (TPSA) is 150 Å². The number of hydrogen-bond donors (Lipinski definition) is 2. The van der Waals surface area contributed by atoms with Crippen LogP contribution in [0.15, 0.2) is 24.0 Å². The first-order valence-electron chi connectivity index (χ1n) is 12.7. The number of aryl methyl sites for hydroxylation is 1. The molecule has 0 bridgehead atoms. The number of carbonyl (C=O) groups excluding carboxylic acids is 3. The molecule has 12 heteroatoms. The number of ether oxygens (including phenoxy) is 2. The van der Waals surface area contributed by atoms with E-state index in [-0.39, 0.29) is 23.7 Å². The highest BCUT2D eigenvalue weighted by molar-refractivity contribution is 6.01. The van der Waals surface area contributed by atoms with Crippen LogP contribution in [-0.2, 0) is 27.2 Å². The lowest BCUT2D eigenvalue weighted by atomic mass is 10.0. The van der Waals surface area contributed by atoms with Gasteiger partial charge in [-0.25, -0.2) is 19.6 Å². The number of nitriles is 1. The van der Waals surface area contributed by atoms with Gasteiger partial charge in [0, 0.05) is 57.7 Å². The van der Waals surface area contributed by atoms with Crippen LogP contribution < -0.4 is 15.5 Å². The maximum Gasteiger partial charge on any atom is 0.328 e. The van der Waals surface area contributed by atoms with Gasteiger partial charge < -0.3 is 19.7 Å². The molecule has 2 N–H and O–H groups in total. The largest absolute Gasteiger partial charge is 0.383 e. The maximum absolute atomic E-state index is 13.3. The Morgan fingerprint density at radius 1 is 1.33 bits per heavy atom. The third-order valence-corrected chi connectivity index (χ3v) is 6.77. The van der Waals surface area contributed by atoms with Crippen molar-refractivity contribution in [2.75, 3.05) is 49.4 Å². The molecule has 0 aromatic carbocycles. The number of likely N-dealkylation sites (tertiary alicyclic amines) is 1. The fourth-order valence-electron chi connectivity index (χ4n) is 4.91. The van der Waals surface area contributed by atoms with Crippen molar-refractivity contribution in [2.24, 2.45) is 0 Å². The summed E-state index contributed by atoms with van der Waals surface area (Å²) < 4.78 is 10.5. The molecule has 2 amide bonds. The lowest BCUT2D eigenvalue weighted by Gasteiger charge is -2.29. The van der Waals surface area contributed by atoms with E-state index in [9.17, 15) is 19.6 Å². The van der Waals surface area contributed by atoms with Crippen molar-refractivity contribution in [3.8, 4) is 6.07 Å². The van der Waals surface area contributed by atoms with Crippen molar-refractivity contribution in [2.45, 2.75) is 44.9 Å². The van der Waals surface area contributed by atoms with E-state index in [4.69, 9.17) is 9.47 Å². The number of rotatable bonds is 9. The molecule has 2 atom stereocenters. The lowest BCUT2D eigenvalue weighted by molar-refractivity contribution is 0.111. The molecular formula is C27H31N7O5. The standard InChI is InChI=1S/C27H31N7O5/c1-17(16-38-2)30-21-10-25(29-12-20(21)11-28)32-27(37)34-7-4-5-18-9-19(22(14-35)31-26(18)34)13-33-8-6-24(39-3)23(33)15-36/h9-10,12,14,17,24H,4-8,13,16H2,1-3H3,(H2,29,30,32,37)/t17?,24-/m0/s1. The first kappa shape index (κ1) is 27.7. The van der Waals surface area contributed by atoms with Crippen molar-refractivity contribution in [3.05, 3.63) is 46.4 Å². The number of fused-ring (bicyclic) bond motifs is 1. The van der Waals surface area contributed by atoms with Crippen molar-refractivity contribution in [1.82, 2.24) is 14.9 Å². The Labute approximate surface area is 226 Å². The van der Waals surface area contributed by atoms with Crippen LogP contribution in [0.25, 0.3) is 0 Å². The number of anilines is 3. The molecule has 0 saturated carbocycles. The highest BCUT2D eigenvalue weighted by Gasteiger charge is 2.31. The van der Waals surface area contributed by atoms with E-state index in [2.05, 4.69) is 26.7 Å². The Hall–Kier alpha value is -4.30. The molecule has 1 fully saturated rings. The zero-order valence-electron chi connectivity index (χ0n) is 22.2. The van der Waals surface area contributed by atoms with Crippen LogP contribution in [-0.4, -0.2) is 79.2 Å². The van der Waals surface area contributed by atoms with Crippen LogP contribution in [0, 0.1) is 11.3 Å². The van der Waals surface area contributed by atoms with Crippen molar-refractivity contribution in [1.29, 1.82) is 5.26 Å². The molecule has 204 valence electrons. The van der Waals surface area contributed by atoms with Crippen molar-refractivity contribution >= 4 is 35.6 Å². The van der Waals surface area contributed by atoms with Gasteiger partial charge >= 0.3 is 6.03 Å². The number of aromatic nitrogens is 2. The molecular weight excluding hydrogens is 502 g/mol. The third kappa shape index (κ3) is 6.07. The Morgan fingerprint density at radius 3 is 2.85 bits per heavy atom. The Kier molecular flexibility index (Phi) is 8.88. The summed E-state index contributed by atoms with van der Waals surface area (Å²) in [5, 5.41) is 15.4. The van der Waals surface area contributed by atoms with Crippen molar-refractivity contribution < 1.29 is 23.9 Å². The average Bonchev–Trinajstić information content (AvgIpc) is 3.34. The Morgan fingerprint density at radius 2 is 2.15 bits per heavy atom. The Balaban J connectivity index is 1.55. The summed E-state index contributed by atoms with van der Waals surface area (Å²) in [6, 6.07) is 5.05. The number of nitrogens with zero attached hydrogens (tertiary/aromatic N) is 5. The molecule has 0 aliphatic carbocycles. The molecule has 1 unspecified atom stereocenters. The molecule has 2 aromatic heterocycles. The SMILES string of the molecule is COCC(C)Nc1cc(NC(=O)N2CCCc3cc(CN4CC[C@H](OC)C4=C=O)c(C=O)nc32)ncc1C#N. The summed E-state index contributed by atoms with van der Waals surface area (Å²) in [6.45, 7) is 3.68. The van der Waals surface area contributed by atoms with E-state index in [1.54, 1.807) is 20.3 Å². The van der Waals surface area contributed by atoms with Crippen LogP contribution in [0.1, 0.15) is 46.9 Å². The fraction of sp³-hybridized carbons (Fsp3) is 0.444. The minimum Gasteiger partial charge on any atom is -0.383 e. The molecule has 1 saturated heterocycles. The van der Waals surface area contributed by atoms with E-state index in [0.29, 0.717) is 80.1 Å². The molecule has 2 aromatic rings. The highest BCUT2D eigenvalue weighted by atomic mass is 16.5. The van der Waals surface area contributed by atoms with Gasteiger partial charge in [0.2, 0.25) is 0 Å². The molecule has 4 heterocycles. The second-order valence-electron chi connectivity index (χ2n) is 9.47. The number of methoxy groups -OCH3 is 2. The zero-order valence-corrected chi connectivity index (χ0v) is 22.2. The minimum atomic E-state index is -0.449. The van der Waals surface area contributed by atoms with Crippen LogP contribution in [0.2, 0.25) is 0 Å². The van der Waals surface area contributed by atoms with Gasteiger partial charge in [-0.15, -0.1) is 0 Å². The van der Waals surface area contributed by atoms with Gasteiger partial charge in [-0.05, 0) is 37.8 Å². The van der Waals surface area contributed by atoms with Crippen LogP contribution >= 0.6 is 0 Å². The summed E-state index contributed by atoms with van der Waals surface area (Å²) in [4.78, 5) is 48.9. The quantitative estimate of drug-likeness (QED) is 0.364. The number of hydrogen-bond acceptors (Lipinski definition) is 10. The van der Waals surface area contributed by atoms with Gasteiger partial charge in [0.05, 0.1) is 17.9 Å². The molecule has 39 heavy (non-hydrogen) atoms. The van der Waals surface area contributed by atoms with Gasteiger partial charge in [-0.1, -0.05) is 0 Å². The number of carbonyl (C=O) groups is 2. The third-order valence-electron chi connectivity index (χ3n) is 6.77. The van der Waals surface area contributed by atoms with E-state index < -0.39 is 6.03 Å². The Bertz CT molecular complexity index is 1330. The number of urea groups is 1. The van der Waals surface area contributed by atoms with E-state index >= 15 is 0 Å². The lowest BCUT2D eigenvalue weighted by Crippen LogP contribution is -2.40. The van der Waals surface area contributed by atoms with Crippen molar-refractivity contribution in [3.63, 3.8) is 0 Å². The molecule has 0 spiro atoms. The van der Waals surface area contributed by atoms with E-state index in [0.717, 1.165) is 5.56 Å². The predicted octanol–water partition coefficient (Wildman–Crippen LogP) is 2.53. The number of amides is 2. The number of nitrogens with one attached hydrogen (secondary N) is 2. The van der Waals surface area contributed by atoms with E-state index in [1.807, 2.05) is 23.8 Å². The summed E-state index contributed by atoms with van der Waals surface area (Å²) in [6.07, 6.45) is 3.80. The monoisotopic (exact) mass is 533 g/mol. The van der Waals surface area contributed by atoms with E-state index in [1.165, 1.54) is 11.1 Å². The highest BCUT2D eigenvalue weighted by Crippen LogP contribution is 2.31. The van der Waals surface area contributed by atoms with Gasteiger partial charge in [-0.3, -0.25) is 15.0 Å². The van der Waals surface area contributed by atoms with Gasteiger partial charge in [0.25, 0.3) is 0 Å². The van der Waals surface area contributed by atoms with Gasteiger partial charge in [-0.2, -0.15) is 5.26 Å². The molecule has 2 aliphatic heterocycles. The molecule has 0 radical (unpaired) electrons. The number of pyridine rings is 2. The zero-order chi connectivity index (χ0) is 27.9. The first-order chi connectivity index (χ1) is 18.9. The molecule has 2 aliphatic rings. The number of aldehydes is 1. The average molecular weight is 534 g/mol. The van der Waals surface area contributed by atoms with Gasteiger partial charge in [0.1, 0.15) is 41.1 Å². The minimum absolute atomic E-state index is 0.0683. The summed E-state index contributed by atoms with van der Waals surface area (Å²) >= 11 is 0. The molecule has 4 rings (SSSR count). The van der Waals surface area contributed by atoms with Gasteiger partial charge in [0.15, 0.2) is 6.29 Å². The second-order valence-corrected chi connectivity index (χ2v) is 9.47. The predicted molar refractivity (Wildman–Crippen MR) is 143 cm³/mol. The summed E-state index contributed by atoms with van der Waals surface area (Å²) in [7, 11) is 3.14. The smallest absolute Gasteiger partial charge is 0.328 e. The fourth-order valence-corrected chi connectivity index (χ4v) is 4.91. The van der Waals surface area contributed by atoms with Crippen LogP contribution in [0.5, 0.6) is 0 Å². The summed E-state index contributed by atoms with van der Waals surface area (Å²) in [5.74, 6) is 2.65. The second kappa shape index (κ2) is 12.5. The van der Waals surface area contributed by atoms with Crippen LogP contribution in [0.3, 0.4) is 0 Å². The maximum atomic E-state index is 13.3. The normalized spacial score (nSPS) is 17.2. The first-order valence-corrected chi connectivity index (χ1v) is 12.7. The summed E-state index contributed by atoms with van der Waals surface area (Å²) in [5.41, 5.74) is 3.00. The van der Waals surface area contributed by atoms with Crippen LogP contribution in [0.4, 0.5) is 22.1 Å². The molecule has 12 nitrogen and oxygen atoms in total.